The van der Waals surface area contributed by atoms with Gasteiger partial charge in [0.15, 0.2) is 0 Å². The molecule has 2 heterocycles. The normalized spacial score (nSPS) is 20.2. The highest BCUT2D eigenvalue weighted by Gasteiger charge is 2.19. The first-order valence-electron chi connectivity index (χ1n) is 5.72. The molecule has 0 saturated carbocycles. The number of aromatic nitrogens is 1. The number of carbonyl (C=O) groups excluding carboxylic acids is 1. The summed E-state index contributed by atoms with van der Waals surface area (Å²) in [5.74, 6) is 0.387. The molecule has 6 nitrogen and oxygen atoms in total. The van der Waals surface area contributed by atoms with E-state index in [4.69, 9.17) is 9.26 Å². The molecule has 1 aromatic heterocycles. The van der Waals surface area contributed by atoms with E-state index in [1.54, 1.807) is 13.8 Å². The molecule has 0 bridgehead atoms. The Labute approximate surface area is 99.7 Å². The van der Waals surface area contributed by atoms with Gasteiger partial charge in [0, 0.05) is 19.6 Å². The largest absolute Gasteiger partial charge is 0.374 e. The van der Waals surface area contributed by atoms with Gasteiger partial charge in [-0.3, -0.25) is 4.79 Å². The molecule has 0 spiro atoms. The Morgan fingerprint density at radius 2 is 2.41 bits per heavy atom. The van der Waals surface area contributed by atoms with Crippen molar-refractivity contribution in [2.45, 2.75) is 20.0 Å². The molecular weight excluding hydrogens is 222 g/mol. The van der Waals surface area contributed by atoms with Gasteiger partial charge in [0.2, 0.25) is 0 Å². The van der Waals surface area contributed by atoms with Crippen LogP contribution in [-0.4, -0.2) is 43.4 Å². The van der Waals surface area contributed by atoms with E-state index < -0.39 is 0 Å². The van der Waals surface area contributed by atoms with Crippen LogP contribution in [0.1, 0.15) is 21.8 Å². The van der Waals surface area contributed by atoms with Crippen molar-refractivity contribution in [3.63, 3.8) is 0 Å². The van der Waals surface area contributed by atoms with Gasteiger partial charge in [-0.1, -0.05) is 5.16 Å². The minimum atomic E-state index is -0.157. The number of morpholine rings is 1. The summed E-state index contributed by atoms with van der Waals surface area (Å²) in [6.07, 6.45) is 0.0353. The molecule has 0 radical (unpaired) electrons. The number of amides is 1. The Bertz CT molecular complexity index is 377. The van der Waals surface area contributed by atoms with Crippen LogP contribution in [0.4, 0.5) is 0 Å². The summed E-state index contributed by atoms with van der Waals surface area (Å²) in [6, 6.07) is 0. The molecule has 17 heavy (non-hydrogen) atoms. The van der Waals surface area contributed by atoms with Crippen molar-refractivity contribution in [3.8, 4) is 0 Å². The summed E-state index contributed by atoms with van der Waals surface area (Å²) >= 11 is 0. The number of carbonyl (C=O) groups is 1. The van der Waals surface area contributed by atoms with Crippen LogP contribution < -0.4 is 10.6 Å². The van der Waals surface area contributed by atoms with Crippen LogP contribution in [0, 0.1) is 13.8 Å². The molecule has 1 unspecified atom stereocenters. The van der Waals surface area contributed by atoms with Gasteiger partial charge >= 0.3 is 0 Å². The van der Waals surface area contributed by atoms with Crippen molar-refractivity contribution < 1.29 is 14.1 Å². The Morgan fingerprint density at radius 3 is 3.00 bits per heavy atom. The van der Waals surface area contributed by atoms with Crippen LogP contribution in [0.3, 0.4) is 0 Å². The fourth-order valence-electron chi connectivity index (χ4n) is 1.85. The second kappa shape index (κ2) is 5.29. The van der Waals surface area contributed by atoms with E-state index in [1.807, 2.05) is 0 Å². The summed E-state index contributed by atoms with van der Waals surface area (Å²) in [5.41, 5.74) is 1.14. The van der Waals surface area contributed by atoms with Gasteiger partial charge in [-0.2, -0.15) is 0 Å². The van der Waals surface area contributed by atoms with Gasteiger partial charge in [0.1, 0.15) is 11.3 Å². The number of hydrogen-bond acceptors (Lipinski definition) is 5. The first kappa shape index (κ1) is 12.1. The number of nitrogens with zero attached hydrogens (tertiary/aromatic N) is 1. The van der Waals surface area contributed by atoms with E-state index in [9.17, 15) is 4.79 Å². The molecule has 1 aliphatic heterocycles. The van der Waals surface area contributed by atoms with Gasteiger partial charge in [-0.05, 0) is 13.8 Å². The number of aryl methyl sites for hydroxylation is 2. The Balaban J connectivity index is 1.89. The van der Waals surface area contributed by atoms with Gasteiger partial charge in [0.05, 0.1) is 18.4 Å². The van der Waals surface area contributed by atoms with E-state index >= 15 is 0 Å². The third-order valence-electron chi connectivity index (χ3n) is 2.76. The highest BCUT2D eigenvalue weighted by Crippen LogP contribution is 2.11. The van der Waals surface area contributed by atoms with Gasteiger partial charge in [0.25, 0.3) is 5.91 Å². The first-order valence-corrected chi connectivity index (χ1v) is 5.72. The smallest absolute Gasteiger partial charge is 0.256 e. The molecule has 1 fully saturated rings. The zero-order valence-electron chi connectivity index (χ0n) is 10.1. The van der Waals surface area contributed by atoms with Crippen LogP contribution in [0.5, 0.6) is 0 Å². The SMILES string of the molecule is Cc1noc(C)c1C(=O)NCC1CNCCO1. The molecule has 2 N–H and O–H groups in total. The van der Waals surface area contributed by atoms with Crippen molar-refractivity contribution in [1.29, 1.82) is 0 Å². The molecule has 1 amide bonds. The van der Waals surface area contributed by atoms with Crippen molar-refractivity contribution in [2.75, 3.05) is 26.2 Å². The predicted octanol–water partition coefficient (Wildman–Crippen LogP) is 0.00964. The van der Waals surface area contributed by atoms with E-state index in [-0.39, 0.29) is 12.0 Å². The van der Waals surface area contributed by atoms with Crippen molar-refractivity contribution in [3.05, 3.63) is 17.0 Å². The monoisotopic (exact) mass is 239 g/mol. The van der Waals surface area contributed by atoms with E-state index in [0.717, 1.165) is 13.1 Å². The third kappa shape index (κ3) is 2.83. The first-order chi connectivity index (χ1) is 8.18. The lowest BCUT2D eigenvalue weighted by molar-refractivity contribution is 0.0287. The summed E-state index contributed by atoms with van der Waals surface area (Å²) in [7, 11) is 0. The number of nitrogens with one attached hydrogen (secondary N) is 2. The molecule has 1 saturated heterocycles. The lowest BCUT2D eigenvalue weighted by atomic mass is 10.2. The summed E-state index contributed by atoms with van der Waals surface area (Å²) in [5, 5.41) is 9.79. The van der Waals surface area contributed by atoms with Crippen molar-refractivity contribution >= 4 is 5.91 Å². The molecule has 1 aromatic rings. The van der Waals surface area contributed by atoms with Crippen molar-refractivity contribution in [2.24, 2.45) is 0 Å². The van der Waals surface area contributed by atoms with E-state index in [1.165, 1.54) is 0 Å². The minimum absolute atomic E-state index is 0.0353. The minimum Gasteiger partial charge on any atom is -0.374 e. The maximum absolute atomic E-state index is 11.9. The van der Waals surface area contributed by atoms with Gasteiger partial charge in [-0.25, -0.2) is 0 Å². The van der Waals surface area contributed by atoms with Crippen LogP contribution in [-0.2, 0) is 4.74 Å². The van der Waals surface area contributed by atoms with Gasteiger partial charge < -0.3 is 19.9 Å². The highest BCUT2D eigenvalue weighted by molar-refractivity contribution is 5.96. The average molecular weight is 239 g/mol. The molecule has 94 valence electrons. The number of hydrogen-bond donors (Lipinski definition) is 2. The highest BCUT2D eigenvalue weighted by atomic mass is 16.5. The van der Waals surface area contributed by atoms with Crippen LogP contribution in [0.25, 0.3) is 0 Å². The summed E-state index contributed by atoms with van der Waals surface area (Å²) in [6.45, 7) is 6.30. The lowest BCUT2D eigenvalue weighted by Gasteiger charge is -2.23. The van der Waals surface area contributed by atoms with Crippen LogP contribution >= 0.6 is 0 Å². The molecular formula is C11H17N3O3. The molecule has 6 heteroatoms. The van der Waals surface area contributed by atoms with Crippen LogP contribution in [0.15, 0.2) is 4.52 Å². The second-order valence-electron chi connectivity index (χ2n) is 4.11. The molecule has 0 aromatic carbocycles. The Morgan fingerprint density at radius 1 is 1.59 bits per heavy atom. The predicted molar refractivity (Wildman–Crippen MR) is 60.9 cm³/mol. The molecule has 1 atom stereocenters. The quantitative estimate of drug-likeness (QED) is 0.777. The zero-order chi connectivity index (χ0) is 12.3. The zero-order valence-corrected chi connectivity index (χ0v) is 10.1. The Hall–Kier alpha value is -1.40. The van der Waals surface area contributed by atoms with Gasteiger partial charge in [-0.15, -0.1) is 0 Å². The fraction of sp³-hybridized carbons (Fsp3) is 0.636. The fourth-order valence-corrected chi connectivity index (χ4v) is 1.85. The lowest BCUT2D eigenvalue weighted by Crippen LogP contribution is -2.45. The van der Waals surface area contributed by atoms with E-state index in [0.29, 0.717) is 30.2 Å². The summed E-state index contributed by atoms with van der Waals surface area (Å²) in [4.78, 5) is 11.9. The number of rotatable bonds is 3. The third-order valence-corrected chi connectivity index (χ3v) is 2.76. The number of ether oxygens (including phenoxy) is 1. The molecule has 0 aliphatic carbocycles. The standard InChI is InChI=1S/C11H17N3O3/c1-7-10(8(2)17-14-7)11(15)13-6-9-5-12-3-4-16-9/h9,12H,3-6H2,1-2H3,(H,13,15). The molecule has 1 aliphatic rings. The van der Waals surface area contributed by atoms with E-state index in [2.05, 4.69) is 15.8 Å². The Kier molecular flexibility index (Phi) is 3.75. The average Bonchev–Trinajstić information content (AvgIpc) is 2.67. The second-order valence-corrected chi connectivity index (χ2v) is 4.11. The maximum atomic E-state index is 11.9. The summed E-state index contributed by atoms with van der Waals surface area (Å²) < 4.78 is 10.4. The topological polar surface area (TPSA) is 76.4 Å². The van der Waals surface area contributed by atoms with Crippen molar-refractivity contribution in [1.82, 2.24) is 15.8 Å². The molecule has 2 rings (SSSR count). The maximum Gasteiger partial charge on any atom is 0.256 e. The van der Waals surface area contributed by atoms with Crippen LogP contribution in [0.2, 0.25) is 0 Å².